The van der Waals surface area contributed by atoms with E-state index < -0.39 is 0 Å². The lowest BCUT2D eigenvalue weighted by Crippen LogP contribution is -2.44. The quantitative estimate of drug-likeness (QED) is 0.670. The van der Waals surface area contributed by atoms with Crippen molar-refractivity contribution in [1.82, 2.24) is 14.9 Å². The average Bonchev–Trinajstić information content (AvgIpc) is 3.35. The summed E-state index contributed by atoms with van der Waals surface area (Å²) in [6, 6.07) is 3.99. The van der Waals surface area contributed by atoms with Crippen molar-refractivity contribution in [3.05, 3.63) is 39.7 Å². The van der Waals surface area contributed by atoms with Crippen molar-refractivity contribution in [3.63, 3.8) is 0 Å². The molecule has 6 nitrogen and oxygen atoms in total. The van der Waals surface area contributed by atoms with Gasteiger partial charge in [0.05, 0.1) is 29.0 Å². The van der Waals surface area contributed by atoms with Gasteiger partial charge in [0.25, 0.3) is 5.91 Å². The Labute approximate surface area is 169 Å². The monoisotopic (exact) mass is 420 g/mol. The zero-order chi connectivity index (χ0) is 18.8. The second kappa shape index (κ2) is 8.15. The van der Waals surface area contributed by atoms with Crippen LogP contribution in [0.2, 0.25) is 0 Å². The van der Waals surface area contributed by atoms with Crippen molar-refractivity contribution in [2.24, 2.45) is 0 Å². The molecule has 1 N–H and O–H groups in total. The van der Waals surface area contributed by atoms with E-state index in [1.807, 2.05) is 22.9 Å². The van der Waals surface area contributed by atoms with Gasteiger partial charge in [-0.05, 0) is 25.3 Å². The summed E-state index contributed by atoms with van der Waals surface area (Å²) in [6.07, 6.45) is 2.09. The number of aromatic nitrogens is 2. The molecule has 0 radical (unpaired) electrons. The number of ether oxygens (including phenoxy) is 1. The SMILES string of the molecule is CC1CN(Cc2csc(NC(=O)c3cnc(-c4cccs4)s3)n2)CC(C)O1. The van der Waals surface area contributed by atoms with Gasteiger partial charge in [0.2, 0.25) is 0 Å². The van der Waals surface area contributed by atoms with Crippen LogP contribution in [0.25, 0.3) is 9.88 Å². The topological polar surface area (TPSA) is 67.4 Å². The van der Waals surface area contributed by atoms with Crippen LogP contribution in [0.3, 0.4) is 0 Å². The van der Waals surface area contributed by atoms with Crippen LogP contribution in [0.4, 0.5) is 5.13 Å². The van der Waals surface area contributed by atoms with Crippen LogP contribution in [0.15, 0.2) is 29.1 Å². The number of nitrogens with one attached hydrogen (secondary N) is 1. The van der Waals surface area contributed by atoms with Gasteiger partial charge in [-0.15, -0.1) is 34.0 Å². The fourth-order valence-electron chi connectivity index (χ4n) is 3.13. The minimum Gasteiger partial charge on any atom is -0.373 e. The Kier molecular flexibility index (Phi) is 5.65. The lowest BCUT2D eigenvalue weighted by molar-refractivity contribution is -0.0707. The molecule has 2 atom stereocenters. The molecular weight excluding hydrogens is 400 g/mol. The summed E-state index contributed by atoms with van der Waals surface area (Å²) in [5.74, 6) is -0.162. The molecule has 142 valence electrons. The second-order valence-corrected chi connectivity index (χ2v) is 9.39. The number of rotatable bonds is 5. The van der Waals surface area contributed by atoms with E-state index >= 15 is 0 Å². The van der Waals surface area contributed by atoms with E-state index in [4.69, 9.17) is 4.74 Å². The number of anilines is 1. The highest BCUT2D eigenvalue weighted by atomic mass is 32.1. The maximum Gasteiger partial charge on any atom is 0.269 e. The molecule has 27 heavy (non-hydrogen) atoms. The molecule has 1 fully saturated rings. The standard InChI is InChI=1S/C18H20N4O2S3/c1-11-7-22(8-12(2)24-11)9-13-10-26-18(20-13)21-16(23)15-6-19-17(27-15)14-4-3-5-25-14/h3-6,10-12H,7-9H2,1-2H3,(H,20,21,23). The summed E-state index contributed by atoms with van der Waals surface area (Å²) in [7, 11) is 0. The van der Waals surface area contributed by atoms with Gasteiger partial charge in [-0.1, -0.05) is 6.07 Å². The summed E-state index contributed by atoms with van der Waals surface area (Å²) >= 11 is 4.47. The lowest BCUT2D eigenvalue weighted by atomic mass is 10.2. The molecule has 0 aliphatic carbocycles. The zero-order valence-electron chi connectivity index (χ0n) is 15.0. The first-order valence-electron chi connectivity index (χ1n) is 8.70. The zero-order valence-corrected chi connectivity index (χ0v) is 17.5. The van der Waals surface area contributed by atoms with Crippen molar-refractivity contribution in [1.29, 1.82) is 0 Å². The minimum absolute atomic E-state index is 0.162. The molecule has 0 bridgehead atoms. The molecule has 0 saturated carbocycles. The first-order valence-corrected chi connectivity index (χ1v) is 11.3. The number of morpholine rings is 1. The fourth-order valence-corrected chi connectivity index (χ4v) is 5.44. The summed E-state index contributed by atoms with van der Waals surface area (Å²) in [5.41, 5.74) is 0.972. The van der Waals surface area contributed by atoms with Crippen molar-refractivity contribution in [3.8, 4) is 9.88 Å². The molecule has 1 saturated heterocycles. The lowest BCUT2D eigenvalue weighted by Gasteiger charge is -2.34. The summed E-state index contributed by atoms with van der Waals surface area (Å²) in [6.45, 7) is 6.75. The summed E-state index contributed by atoms with van der Waals surface area (Å²) in [5, 5.41) is 8.39. The molecule has 1 aliphatic rings. The molecule has 0 aromatic carbocycles. The molecule has 2 unspecified atom stereocenters. The highest BCUT2D eigenvalue weighted by Crippen LogP contribution is 2.29. The van der Waals surface area contributed by atoms with Gasteiger partial charge < -0.3 is 4.74 Å². The Morgan fingerprint density at radius 2 is 2.15 bits per heavy atom. The average molecular weight is 421 g/mol. The van der Waals surface area contributed by atoms with Crippen LogP contribution in [0.5, 0.6) is 0 Å². The van der Waals surface area contributed by atoms with Crippen LogP contribution < -0.4 is 5.32 Å². The number of carbonyl (C=O) groups excluding carboxylic acids is 1. The number of amides is 1. The van der Waals surface area contributed by atoms with E-state index in [1.54, 1.807) is 17.5 Å². The Morgan fingerprint density at radius 1 is 1.33 bits per heavy atom. The molecular formula is C18H20N4O2S3. The number of hydrogen-bond donors (Lipinski definition) is 1. The second-order valence-electron chi connectivity index (χ2n) is 6.56. The number of thiophene rings is 1. The molecule has 4 rings (SSSR count). The highest BCUT2D eigenvalue weighted by Gasteiger charge is 2.23. The van der Waals surface area contributed by atoms with Gasteiger partial charge in [0.1, 0.15) is 9.88 Å². The number of carbonyl (C=O) groups is 1. The van der Waals surface area contributed by atoms with E-state index in [0.717, 1.165) is 35.2 Å². The molecule has 3 aromatic rings. The molecule has 9 heteroatoms. The van der Waals surface area contributed by atoms with Gasteiger partial charge in [-0.2, -0.15) is 0 Å². The van der Waals surface area contributed by atoms with E-state index in [2.05, 4.69) is 34.0 Å². The third-order valence-corrected chi connectivity index (χ3v) is 6.96. The number of hydrogen-bond acceptors (Lipinski definition) is 8. The van der Waals surface area contributed by atoms with Crippen LogP contribution in [-0.4, -0.2) is 46.1 Å². The Hall–Kier alpha value is -1.65. The maximum atomic E-state index is 12.5. The largest absolute Gasteiger partial charge is 0.373 e. The van der Waals surface area contributed by atoms with Gasteiger partial charge >= 0.3 is 0 Å². The molecule has 1 amide bonds. The smallest absolute Gasteiger partial charge is 0.269 e. The number of nitrogens with zero attached hydrogens (tertiary/aromatic N) is 3. The predicted molar refractivity (Wildman–Crippen MR) is 111 cm³/mol. The van der Waals surface area contributed by atoms with Crippen molar-refractivity contribution in [2.75, 3.05) is 18.4 Å². The first kappa shape index (κ1) is 18.7. The van der Waals surface area contributed by atoms with Crippen LogP contribution >= 0.6 is 34.0 Å². The van der Waals surface area contributed by atoms with E-state index in [1.165, 1.54) is 22.7 Å². The maximum absolute atomic E-state index is 12.5. The van der Waals surface area contributed by atoms with Gasteiger partial charge in [0, 0.05) is 25.0 Å². The third-order valence-electron chi connectivity index (χ3n) is 4.11. The highest BCUT2D eigenvalue weighted by molar-refractivity contribution is 7.22. The predicted octanol–water partition coefficient (Wildman–Crippen LogP) is 4.19. The van der Waals surface area contributed by atoms with E-state index in [9.17, 15) is 4.79 Å². The van der Waals surface area contributed by atoms with Gasteiger partial charge in [0.15, 0.2) is 5.13 Å². The number of thiazole rings is 2. The Balaban J connectivity index is 1.37. The Bertz CT molecular complexity index is 896. The van der Waals surface area contributed by atoms with Gasteiger partial charge in [-0.25, -0.2) is 9.97 Å². The van der Waals surface area contributed by atoms with Crippen molar-refractivity contribution < 1.29 is 9.53 Å². The Morgan fingerprint density at radius 3 is 2.89 bits per heavy atom. The molecule has 3 aromatic heterocycles. The third kappa shape index (κ3) is 4.61. The van der Waals surface area contributed by atoms with Crippen molar-refractivity contribution >= 4 is 45.0 Å². The van der Waals surface area contributed by atoms with Gasteiger partial charge in [-0.3, -0.25) is 15.0 Å². The summed E-state index contributed by atoms with van der Waals surface area (Å²) < 4.78 is 5.77. The van der Waals surface area contributed by atoms with E-state index in [0.29, 0.717) is 10.0 Å². The fraction of sp³-hybridized carbons (Fsp3) is 0.389. The van der Waals surface area contributed by atoms with Crippen LogP contribution in [-0.2, 0) is 11.3 Å². The first-order chi connectivity index (χ1) is 13.1. The molecule has 1 aliphatic heterocycles. The molecule has 4 heterocycles. The minimum atomic E-state index is -0.162. The van der Waals surface area contributed by atoms with Crippen LogP contribution in [0, 0.1) is 0 Å². The molecule has 0 spiro atoms. The normalized spacial score (nSPS) is 20.7. The van der Waals surface area contributed by atoms with E-state index in [-0.39, 0.29) is 18.1 Å². The van der Waals surface area contributed by atoms with Crippen molar-refractivity contribution in [2.45, 2.75) is 32.6 Å². The summed E-state index contributed by atoms with van der Waals surface area (Å²) in [4.78, 5) is 25.4. The van der Waals surface area contributed by atoms with Crippen LogP contribution in [0.1, 0.15) is 29.2 Å².